The van der Waals surface area contributed by atoms with E-state index < -0.39 is 23.4 Å². The van der Waals surface area contributed by atoms with E-state index in [0.717, 1.165) is 18.2 Å². The minimum atomic E-state index is -0.884. The molecule has 2 aromatic carbocycles. The number of halogens is 2. The number of nitro benzene ring substituents is 1. The van der Waals surface area contributed by atoms with Crippen molar-refractivity contribution < 1.29 is 19.2 Å². The average molecular weight is 384 g/mol. The van der Waals surface area contributed by atoms with Crippen molar-refractivity contribution in [2.45, 2.75) is 0 Å². The zero-order valence-corrected chi connectivity index (χ0v) is 14.0. The van der Waals surface area contributed by atoms with E-state index in [1.54, 1.807) is 0 Å². The highest BCUT2D eigenvalue weighted by Gasteiger charge is 2.17. The second-order valence-corrected chi connectivity index (χ2v) is 5.62. The lowest BCUT2D eigenvalue weighted by Gasteiger charge is -2.09. The van der Waals surface area contributed by atoms with Crippen molar-refractivity contribution in [3.63, 3.8) is 0 Å². The third-order valence-electron chi connectivity index (χ3n) is 3.01. The lowest BCUT2D eigenvalue weighted by Crippen LogP contribution is -2.21. The van der Waals surface area contributed by atoms with Gasteiger partial charge in [0.05, 0.1) is 26.9 Å². The topological polar surface area (TPSA) is 125 Å². The van der Waals surface area contributed by atoms with Crippen LogP contribution in [0.25, 0.3) is 0 Å². The number of ether oxygens (including phenoxy) is 1. The molecule has 0 heterocycles. The van der Waals surface area contributed by atoms with Gasteiger partial charge in [-0.2, -0.15) is 0 Å². The number of nitrogen functional groups attached to an aromatic ring is 1. The summed E-state index contributed by atoms with van der Waals surface area (Å²) in [7, 11) is 0. The fourth-order valence-corrected chi connectivity index (χ4v) is 2.29. The zero-order chi connectivity index (χ0) is 18.6. The largest absolute Gasteiger partial charge is 0.452 e. The lowest BCUT2D eigenvalue weighted by atomic mass is 10.1. The van der Waals surface area contributed by atoms with Crippen molar-refractivity contribution in [1.82, 2.24) is 0 Å². The summed E-state index contributed by atoms with van der Waals surface area (Å²) in [6.07, 6.45) is 0. The van der Waals surface area contributed by atoms with Crippen LogP contribution in [-0.2, 0) is 9.53 Å². The van der Waals surface area contributed by atoms with E-state index in [2.05, 4.69) is 5.32 Å². The first-order valence-electron chi connectivity index (χ1n) is 6.74. The molecule has 130 valence electrons. The van der Waals surface area contributed by atoms with Crippen LogP contribution in [0.15, 0.2) is 36.4 Å². The van der Waals surface area contributed by atoms with Crippen LogP contribution in [0.4, 0.5) is 17.1 Å². The van der Waals surface area contributed by atoms with E-state index in [1.165, 1.54) is 18.2 Å². The fraction of sp³-hybridized carbons (Fsp3) is 0.0667. The number of carbonyl (C=O) groups excluding carboxylic acids is 2. The Kier molecular flexibility index (Phi) is 5.79. The number of hydrogen-bond acceptors (Lipinski definition) is 6. The molecule has 25 heavy (non-hydrogen) atoms. The summed E-state index contributed by atoms with van der Waals surface area (Å²) >= 11 is 11.7. The van der Waals surface area contributed by atoms with Crippen molar-refractivity contribution in [3.05, 3.63) is 62.1 Å². The highest BCUT2D eigenvalue weighted by Crippen LogP contribution is 2.25. The van der Waals surface area contributed by atoms with Crippen LogP contribution in [0.5, 0.6) is 0 Å². The Bertz CT molecular complexity index is 857. The van der Waals surface area contributed by atoms with E-state index >= 15 is 0 Å². The van der Waals surface area contributed by atoms with Gasteiger partial charge >= 0.3 is 5.97 Å². The Morgan fingerprint density at radius 1 is 1.20 bits per heavy atom. The third-order valence-corrected chi connectivity index (χ3v) is 3.55. The molecule has 0 unspecified atom stereocenters. The first kappa shape index (κ1) is 18.5. The van der Waals surface area contributed by atoms with Gasteiger partial charge in [-0.15, -0.1) is 0 Å². The van der Waals surface area contributed by atoms with Gasteiger partial charge in [0.15, 0.2) is 6.61 Å². The third kappa shape index (κ3) is 4.82. The number of nitrogens with one attached hydrogen (secondary N) is 1. The van der Waals surface area contributed by atoms with Gasteiger partial charge in [-0.3, -0.25) is 14.9 Å². The number of anilines is 2. The first-order chi connectivity index (χ1) is 11.8. The zero-order valence-electron chi connectivity index (χ0n) is 12.5. The molecule has 8 nitrogen and oxygen atoms in total. The summed E-state index contributed by atoms with van der Waals surface area (Å²) in [5.41, 5.74) is 5.43. The van der Waals surface area contributed by atoms with Crippen molar-refractivity contribution in [3.8, 4) is 0 Å². The number of hydrogen-bond donors (Lipinski definition) is 2. The minimum absolute atomic E-state index is 0.0806. The summed E-state index contributed by atoms with van der Waals surface area (Å²) in [6, 6.07) is 7.78. The number of esters is 1. The second-order valence-electron chi connectivity index (χ2n) is 4.78. The summed E-state index contributed by atoms with van der Waals surface area (Å²) in [5.74, 6) is -1.51. The van der Waals surface area contributed by atoms with Crippen LogP contribution < -0.4 is 11.1 Å². The molecule has 0 aliphatic heterocycles. The number of rotatable bonds is 5. The minimum Gasteiger partial charge on any atom is -0.452 e. The maximum atomic E-state index is 11.9. The monoisotopic (exact) mass is 383 g/mol. The van der Waals surface area contributed by atoms with Crippen LogP contribution in [0.1, 0.15) is 10.4 Å². The predicted molar refractivity (Wildman–Crippen MR) is 92.9 cm³/mol. The Morgan fingerprint density at radius 3 is 2.52 bits per heavy atom. The Labute approximate surface area is 151 Å². The highest BCUT2D eigenvalue weighted by molar-refractivity contribution is 6.36. The lowest BCUT2D eigenvalue weighted by molar-refractivity contribution is -0.384. The van der Waals surface area contributed by atoms with Crippen LogP contribution in [0, 0.1) is 10.1 Å². The molecule has 0 aromatic heterocycles. The molecule has 0 saturated carbocycles. The van der Waals surface area contributed by atoms with Gasteiger partial charge in [-0.05, 0) is 24.3 Å². The molecule has 2 rings (SSSR count). The van der Waals surface area contributed by atoms with E-state index in [0.29, 0.717) is 10.7 Å². The molecule has 2 aromatic rings. The molecule has 10 heteroatoms. The fourth-order valence-electron chi connectivity index (χ4n) is 1.84. The van der Waals surface area contributed by atoms with Gasteiger partial charge in [-0.25, -0.2) is 4.79 Å². The van der Waals surface area contributed by atoms with Crippen LogP contribution in [0.3, 0.4) is 0 Å². The number of nitrogens with zero attached hydrogens (tertiary/aromatic N) is 1. The predicted octanol–water partition coefficient (Wildman–Crippen LogP) is 3.28. The molecule has 0 bridgehead atoms. The van der Waals surface area contributed by atoms with E-state index in [4.69, 9.17) is 33.7 Å². The molecule has 0 aliphatic carbocycles. The highest BCUT2D eigenvalue weighted by atomic mass is 35.5. The summed E-state index contributed by atoms with van der Waals surface area (Å²) in [5, 5.41) is 13.7. The molecule has 0 fully saturated rings. The number of nitro groups is 1. The smallest absolute Gasteiger partial charge is 0.340 e. The van der Waals surface area contributed by atoms with Gasteiger partial charge in [0.2, 0.25) is 0 Å². The second kappa shape index (κ2) is 7.82. The van der Waals surface area contributed by atoms with Crippen LogP contribution in [0.2, 0.25) is 10.0 Å². The van der Waals surface area contributed by atoms with E-state index in [9.17, 15) is 19.7 Å². The summed E-state index contributed by atoms with van der Waals surface area (Å²) in [6.45, 7) is -0.589. The van der Waals surface area contributed by atoms with Crippen molar-refractivity contribution in [2.24, 2.45) is 0 Å². The Hall–Kier alpha value is -2.84. The number of nitrogens with two attached hydrogens (primary N) is 1. The molecule has 0 spiro atoms. The van der Waals surface area contributed by atoms with Gasteiger partial charge in [-0.1, -0.05) is 23.2 Å². The van der Waals surface area contributed by atoms with Gasteiger partial charge in [0.25, 0.3) is 11.6 Å². The molecule has 3 N–H and O–H groups in total. The number of non-ortho nitro benzene ring substituents is 1. The first-order valence-corrected chi connectivity index (χ1v) is 7.49. The van der Waals surface area contributed by atoms with Crippen LogP contribution >= 0.6 is 23.2 Å². The van der Waals surface area contributed by atoms with Gasteiger partial charge < -0.3 is 15.8 Å². The number of benzene rings is 2. The maximum absolute atomic E-state index is 11.9. The molecular formula is C15H11Cl2N3O5. The van der Waals surface area contributed by atoms with E-state index in [-0.39, 0.29) is 22.0 Å². The van der Waals surface area contributed by atoms with Crippen molar-refractivity contribution >= 4 is 52.1 Å². The normalized spacial score (nSPS) is 10.2. The molecule has 0 radical (unpaired) electrons. The van der Waals surface area contributed by atoms with Gasteiger partial charge in [0.1, 0.15) is 0 Å². The van der Waals surface area contributed by atoms with Crippen molar-refractivity contribution in [1.29, 1.82) is 0 Å². The molecular weight excluding hydrogens is 373 g/mol. The standard InChI is InChI=1S/C15H11Cl2N3O5/c16-8-1-4-13(11(17)5-8)19-14(21)7-25-15(22)10-3-2-9(20(23)24)6-12(10)18/h1-6H,7,18H2,(H,19,21). The molecule has 0 atom stereocenters. The van der Waals surface area contributed by atoms with E-state index in [1.807, 2.05) is 0 Å². The number of carbonyl (C=O) groups is 2. The average Bonchev–Trinajstić information content (AvgIpc) is 2.55. The molecule has 0 saturated heterocycles. The summed E-state index contributed by atoms with van der Waals surface area (Å²) < 4.78 is 4.84. The molecule has 1 amide bonds. The van der Waals surface area contributed by atoms with Crippen molar-refractivity contribution in [2.75, 3.05) is 17.7 Å². The number of amides is 1. The summed E-state index contributed by atoms with van der Waals surface area (Å²) in [4.78, 5) is 33.7. The van der Waals surface area contributed by atoms with Crippen LogP contribution in [-0.4, -0.2) is 23.4 Å². The maximum Gasteiger partial charge on any atom is 0.340 e. The quantitative estimate of drug-likeness (QED) is 0.353. The Morgan fingerprint density at radius 2 is 1.92 bits per heavy atom. The SMILES string of the molecule is Nc1cc([N+](=O)[O-])ccc1C(=O)OCC(=O)Nc1ccc(Cl)cc1Cl. The molecule has 0 aliphatic rings. The van der Waals surface area contributed by atoms with Gasteiger partial charge in [0, 0.05) is 17.2 Å². The Balaban J connectivity index is 1.97.